The van der Waals surface area contributed by atoms with Gasteiger partial charge in [-0.3, -0.25) is 4.79 Å². The van der Waals surface area contributed by atoms with Crippen LogP contribution in [-0.4, -0.2) is 10.2 Å². The van der Waals surface area contributed by atoms with Gasteiger partial charge < -0.3 is 5.32 Å². The van der Waals surface area contributed by atoms with Gasteiger partial charge in [0.15, 0.2) is 0 Å². The Morgan fingerprint density at radius 2 is 2.00 bits per heavy atom. The first-order chi connectivity index (χ1) is 9.39. The zero-order valence-electron chi connectivity index (χ0n) is 9.96. The summed E-state index contributed by atoms with van der Waals surface area (Å²) in [6, 6.07) is 5.16. The minimum atomic E-state index is -4.44. The maximum atomic E-state index is 12.8. The van der Waals surface area contributed by atoms with Crippen molar-refractivity contribution in [2.75, 3.05) is 5.32 Å². The van der Waals surface area contributed by atoms with E-state index in [1.165, 1.54) is 24.4 Å². The van der Waals surface area contributed by atoms with Gasteiger partial charge in [0.05, 0.1) is 17.4 Å². The van der Waals surface area contributed by atoms with Gasteiger partial charge in [-0.15, -0.1) is 0 Å². The quantitative estimate of drug-likeness (QED) is 0.916. The molecule has 0 fully saturated rings. The van der Waals surface area contributed by atoms with Gasteiger partial charge in [-0.25, -0.2) is 5.10 Å². The van der Waals surface area contributed by atoms with Gasteiger partial charge >= 0.3 is 6.18 Å². The van der Waals surface area contributed by atoms with Gasteiger partial charge in [-0.1, -0.05) is 29.8 Å². The van der Waals surface area contributed by atoms with Crippen LogP contribution in [0.4, 0.5) is 18.9 Å². The number of hydrogen-bond donors (Lipinski definition) is 2. The van der Waals surface area contributed by atoms with Crippen molar-refractivity contribution in [3.8, 4) is 0 Å². The number of hydrogen-bond acceptors (Lipinski definition) is 3. The van der Waals surface area contributed by atoms with Crippen LogP contribution in [0.1, 0.15) is 11.1 Å². The monoisotopic (exact) mass is 303 g/mol. The van der Waals surface area contributed by atoms with E-state index in [4.69, 9.17) is 11.6 Å². The van der Waals surface area contributed by atoms with Crippen molar-refractivity contribution in [1.82, 2.24) is 10.2 Å². The molecule has 1 heterocycles. The molecule has 8 heteroatoms. The summed E-state index contributed by atoms with van der Waals surface area (Å²) in [6.07, 6.45) is -3.20. The minimum absolute atomic E-state index is 0.0522. The third-order valence-electron chi connectivity index (χ3n) is 2.59. The number of alkyl halides is 3. The molecule has 106 valence electrons. The van der Waals surface area contributed by atoms with E-state index in [1.807, 2.05) is 0 Å². The molecule has 0 aliphatic rings. The molecule has 0 aliphatic heterocycles. The van der Waals surface area contributed by atoms with E-state index < -0.39 is 17.3 Å². The number of aromatic nitrogens is 2. The second-order valence-electron chi connectivity index (χ2n) is 3.94. The zero-order chi connectivity index (χ0) is 14.8. The van der Waals surface area contributed by atoms with Crippen molar-refractivity contribution in [1.29, 1.82) is 0 Å². The molecule has 0 radical (unpaired) electrons. The normalized spacial score (nSPS) is 11.4. The highest BCUT2D eigenvalue weighted by molar-refractivity contribution is 6.32. The molecule has 0 unspecified atom stereocenters. The van der Waals surface area contributed by atoms with Crippen LogP contribution in [-0.2, 0) is 12.7 Å². The fourth-order valence-corrected chi connectivity index (χ4v) is 1.81. The third-order valence-corrected chi connectivity index (χ3v) is 2.96. The molecule has 2 aromatic rings. The minimum Gasteiger partial charge on any atom is -0.378 e. The molecule has 0 bridgehead atoms. The summed E-state index contributed by atoms with van der Waals surface area (Å²) in [5.41, 5.74) is -1.12. The molecule has 0 atom stereocenters. The van der Waals surface area contributed by atoms with Gasteiger partial charge in [0, 0.05) is 6.54 Å². The summed E-state index contributed by atoms with van der Waals surface area (Å²) in [7, 11) is 0. The average molecular weight is 304 g/mol. The molecule has 0 spiro atoms. The van der Waals surface area contributed by atoms with Crippen molar-refractivity contribution in [2.24, 2.45) is 0 Å². The Balaban J connectivity index is 2.24. The number of H-pyrrole nitrogens is 1. The van der Waals surface area contributed by atoms with E-state index in [9.17, 15) is 18.0 Å². The molecule has 0 aliphatic carbocycles. The molecule has 0 saturated heterocycles. The fourth-order valence-electron chi connectivity index (χ4n) is 1.65. The standard InChI is InChI=1S/C12H9ClF3N3O/c13-10-9(6-18-19-11(10)20)17-5-7-3-1-2-4-8(7)12(14,15)16/h1-4,6H,5H2,(H2,17,19,20). The SMILES string of the molecule is O=c1[nH]ncc(NCc2ccccc2C(F)(F)F)c1Cl. The molecule has 4 nitrogen and oxygen atoms in total. The summed E-state index contributed by atoms with van der Waals surface area (Å²) in [4.78, 5) is 11.2. The molecule has 1 aromatic carbocycles. The predicted molar refractivity (Wildman–Crippen MR) is 68.6 cm³/mol. The second kappa shape index (κ2) is 5.54. The number of rotatable bonds is 3. The highest BCUT2D eigenvalue weighted by Gasteiger charge is 2.32. The molecule has 0 amide bonds. The number of nitrogens with zero attached hydrogens (tertiary/aromatic N) is 1. The molecule has 0 saturated carbocycles. The van der Waals surface area contributed by atoms with Gasteiger partial charge in [0.1, 0.15) is 5.02 Å². The lowest BCUT2D eigenvalue weighted by molar-refractivity contribution is -0.138. The highest BCUT2D eigenvalue weighted by Crippen LogP contribution is 2.32. The van der Waals surface area contributed by atoms with Gasteiger partial charge in [0.2, 0.25) is 0 Å². The van der Waals surface area contributed by atoms with Crippen molar-refractivity contribution < 1.29 is 13.2 Å². The lowest BCUT2D eigenvalue weighted by Gasteiger charge is -2.13. The van der Waals surface area contributed by atoms with Crippen LogP contribution in [0.2, 0.25) is 5.02 Å². The van der Waals surface area contributed by atoms with E-state index in [0.29, 0.717) is 0 Å². The largest absolute Gasteiger partial charge is 0.416 e. The maximum Gasteiger partial charge on any atom is 0.416 e. The average Bonchev–Trinajstić information content (AvgIpc) is 2.40. The van der Waals surface area contributed by atoms with Gasteiger partial charge in [-0.2, -0.15) is 18.3 Å². The van der Waals surface area contributed by atoms with Crippen LogP contribution in [0.15, 0.2) is 35.3 Å². The zero-order valence-corrected chi connectivity index (χ0v) is 10.7. The Labute approximate surface area is 116 Å². The lowest BCUT2D eigenvalue weighted by Crippen LogP contribution is -2.14. The highest BCUT2D eigenvalue weighted by atomic mass is 35.5. The second-order valence-corrected chi connectivity index (χ2v) is 4.31. The van der Waals surface area contributed by atoms with Crippen molar-refractivity contribution in [2.45, 2.75) is 12.7 Å². The fraction of sp³-hybridized carbons (Fsp3) is 0.167. The van der Waals surface area contributed by atoms with Crippen LogP contribution in [0.5, 0.6) is 0 Å². The molecule has 2 N–H and O–H groups in total. The summed E-state index contributed by atoms with van der Waals surface area (Å²) in [5, 5.41) is 8.16. The first kappa shape index (κ1) is 14.4. The Bertz CT molecular complexity index is 669. The van der Waals surface area contributed by atoms with Crippen LogP contribution < -0.4 is 10.9 Å². The third kappa shape index (κ3) is 3.11. The Morgan fingerprint density at radius 1 is 1.30 bits per heavy atom. The van der Waals surface area contributed by atoms with Crippen LogP contribution in [0.25, 0.3) is 0 Å². The topological polar surface area (TPSA) is 57.8 Å². The Hall–Kier alpha value is -2.02. The summed E-state index contributed by atoms with van der Waals surface area (Å²) in [5.74, 6) is 0. The lowest BCUT2D eigenvalue weighted by atomic mass is 10.1. The van der Waals surface area contributed by atoms with E-state index in [1.54, 1.807) is 0 Å². The first-order valence-corrected chi connectivity index (χ1v) is 5.89. The number of nitrogens with one attached hydrogen (secondary N) is 2. The van der Waals surface area contributed by atoms with Crippen LogP contribution in [0.3, 0.4) is 0 Å². The number of halogens is 4. The van der Waals surface area contributed by atoms with E-state index in [-0.39, 0.29) is 22.8 Å². The summed E-state index contributed by atoms with van der Waals surface area (Å²) >= 11 is 5.72. The Morgan fingerprint density at radius 3 is 2.70 bits per heavy atom. The van der Waals surface area contributed by atoms with Crippen molar-refractivity contribution in [3.05, 3.63) is 57.0 Å². The predicted octanol–water partition coefficient (Wildman–Crippen LogP) is 3.05. The van der Waals surface area contributed by atoms with Crippen molar-refractivity contribution in [3.63, 3.8) is 0 Å². The Kier molecular flexibility index (Phi) is 3.99. The summed E-state index contributed by atoms with van der Waals surface area (Å²) < 4.78 is 38.4. The molecular formula is C12H9ClF3N3O. The van der Waals surface area contributed by atoms with E-state index >= 15 is 0 Å². The molecule has 2 rings (SSSR count). The van der Waals surface area contributed by atoms with Crippen LogP contribution >= 0.6 is 11.6 Å². The van der Waals surface area contributed by atoms with Gasteiger partial charge in [-0.05, 0) is 11.6 Å². The maximum absolute atomic E-state index is 12.8. The van der Waals surface area contributed by atoms with Crippen LogP contribution in [0, 0.1) is 0 Å². The number of anilines is 1. The summed E-state index contributed by atoms with van der Waals surface area (Å²) in [6.45, 7) is -0.124. The smallest absolute Gasteiger partial charge is 0.378 e. The molecule has 1 aromatic heterocycles. The first-order valence-electron chi connectivity index (χ1n) is 5.51. The molecular weight excluding hydrogens is 295 g/mol. The van der Waals surface area contributed by atoms with E-state index in [0.717, 1.165) is 6.07 Å². The number of aromatic amines is 1. The number of benzene rings is 1. The van der Waals surface area contributed by atoms with Gasteiger partial charge in [0.25, 0.3) is 5.56 Å². The van der Waals surface area contributed by atoms with E-state index in [2.05, 4.69) is 15.5 Å². The van der Waals surface area contributed by atoms with Crippen molar-refractivity contribution >= 4 is 17.3 Å². The molecule has 20 heavy (non-hydrogen) atoms.